The zero-order chi connectivity index (χ0) is 22.1. The Balaban J connectivity index is 1.60. The Bertz CT molecular complexity index is 1300. The smallest absolute Gasteiger partial charge is 0.267 e. The van der Waals surface area contributed by atoms with E-state index in [9.17, 15) is 4.79 Å². The largest absolute Gasteiger partial charge is 0.298 e. The Morgan fingerprint density at radius 1 is 1.12 bits per heavy atom. The molecule has 0 aliphatic carbocycles. The maximum atomic E-state index is 13.8. The van der Waals surface area contributed by atoms with E-state index in [1.54, 1.807) is 27.7 Å². The maximum Gasteiger partial charge on any atom is 0.267 e. The van der Waals surface area contributed by atoms with Gasteiger partial charge >= 0.3 is 0 Å². The quantitative estimate of drug-likeness (QED) is 0.219. The summed E-state index contributed by atoms with van der Waals surface area (Å²) in [6.07, 6.45) is 2.07. The van der Waals surface area contributed by atoms with Crippen molar-refractivity contribution in [2.75, 3.05) is 13.1 Å². The number of hydrogen-bond donors (Lipinski definition) is 0. The number of thiophene rings is 1. The van der Waals surface area contributed by atoms with Gasteiger partial charge in [-0.1, -0.05) is 64.9 Å². The average molecular weight is 527 g/mol. The lowest BCUT2D eigenvalue weighted by molar-refractivity contribution is 0.258. The van der Waals surface area contributed by atoms with Crippen molar-refractivity contribution in [2.24, 2.45) is 0 Å². The number of para-hydroxylation sites is 1. The SMILES string of the molecule is CCCN1CCc2c(sc3nc(SCc4ccc(Br)cc4)n(-c4ccccc4)c(=O)c23)C1. The number of benzene rings is 2. The highest BCUT2D eigenvalue weighted by atomic mass is 79.9. The van der Waals surface area contributed by atoms with Gasteiger partial charge < -0.3 is 0 Å². The van der Waals surface area contributed by atoms with E-state index in [4.69, 9.17) is 4.98 Å². The van der Waals surface area contributed by atoms with Crippen LogP contribution in [0.3, 0.4) is 0 Å². The molecular formula is C25H24BrN3OS2. The van der Waals surface area contributed by atoms with E-state index in [1.165, 1.54) is 16.0 Å². The number of hydrogen-bond acceptors (Lipinski definition) is 5. The van der Waals surface area contributed by atoms with Crippen molar-refractivity contribution >= 4 is 49.2 Å². The molecule has 0 spiro atoms. The molecule has 32 heavy (non-hydrogen) atoms. The third-order valence-electron chi connectivity index (χ3n) is 5.76. The van der Waals surface area contributed by atoms with Gasteiger partial charge in [-0.25, -0.2) is 4.98 Å². The molecule has 0 saturated heterocycles. The van der Waals surface area contributed by atoms with Gasteiger partial charge in [-0.15, -0.1) is 11.3 Å². The van der Waals surface area contributed by atoms with Crippen LogP contribution in [-0.2, 0) is 18.7 Å². The summed E-state index contributed by atoms with van der Waals surface area (Å²) in [5.74, 6) is 0.757. The molecule has 2 aromatic carbocycles. The number of thioether (sulfide) groups is 1. The van der Waals surface area contributed by atoms with Gasteiger partial charge in [-0.05, 0) is 54.8 Å². The van der Waals surface area contributed by atoms with E-state index in [-0.39, 0.29) is 5.56 Å². The van der Waals surface area contributed by atoms with E-state index in [1.807, 2.05) is 42.5 Å². The van der Waals surface area contributed by atoms with Gasteiger partial charge in [0.1, 0.15) is 4.83 Å². The first-order chi connectivity index (χ1) is 15.6. The van der Waals surface area contributed by atoms with E-state index >= 15 is 0 Å². The standard InChI is InChI=1S/C25H24BrN3OS2/c1-2-13-28-14-12-20-21(15-28)32-23-22(20)24(30)29(19-6-4-3-5-7-19)25(27-23)31-16-17-8-10-18(26)11-9-17/h3-11H,2,12-16H2,1H3. The second-order valence-electron chi connectivity index (χ2n) is 8.00. The highest BCUT2D eigenvalue weighted by Gasteiger charge is 2.25. The molecule has 0 atom stereocenters. The molecule has 0 bridgehead atoms. The summed E-state index contributed by atoms with van der Waals surface area (Å²) in [6.45, 7) is 5.26. The predicted octanol–water partition coefficient (Wildman–Crippen LogP) is 6.27. The van der Waals surface area contributed by atoms with Crippen LogP contribution in [0, 0.1) is 0 Å². The van der Waals surface area contributed by atoms with Gasteiger partial charge in [0.15, 0.2) is 5.16 Å². The molecule has 1 aliphatic rings. The molecule has 0 N–H and O–H groups in total. The number of nitrogens with zero attached hydrogens (tertiary/aromatic N) is 3. The molecule has 0 unspecified atom stereocenters. The lowest BCUT2D eigenvalue weighted by atomic mass is 10.1. The van der Waals surface area contributed by atoms with Crippen molar-refractivity contribution in [2.45, 2.75) is 37.2 Å². The van der Waals surface area contributed by atoms with Crippen molar-refractivity contribution in [1.82, 2.24) is 14.5 Å². The summed E-state index contributed by atoms with van der Waals surface area (Å²) >= 11 is 6.81. The summed E-state index contributed by atoms with van der Waals surface area (Å²) in [4.78, 5) is 23.5. The minimum absolute atomic E-state index is 0.0564. The average Bonchev–Trinajstić information content (AvgIpc) is 3.17. The third-order valence-corrected chi connectivity index (χ3v) is 8.41. The normalized spacial score (nSPS) is 14.1. The van der Waals surface area contributed by atoms with Crippen molar-refractivity contribution in [1.29, 1.82) is 0 Å². The van der Waals surface area contributed by atoms with Crippen LogP contribution >= 0.6 is 39.0 Å². The molecule has 3 heterocycles. The summed E-state index contributed by atoms with van der Waals surface area (Å²) < 4.78 is 2.87. The first-order valence-electron chi connectivity index (χ1n) is 10.9. The van der Waals surface area contributed by atoms with Crippen LogP contribution in [0.15, 0.2) is 69.0 Å². The van der Waals surface area contributed by atoms with E-state index in [0.29, 0.717) is 0 Å². The van der Waals surface area contributed by atoms with Crippen LogP contribution in [-0.4, -0.2) is 27.5 Å². The van der Waals surface area contributed by atoms with E-state index < -0.39 is 0 Å². The Morgan fingerprint density at radius 3 is 2.66 bits per heavy atom. The van der Waals surface area contributed by atoms with Crippen LogP contribution in [0.4, 0.5) is 0 Å². The summed E-state index contributed by atoms with van der Waals surface area (Å²) in [5.41, 5.74) is 3.34. The molecule has 0 saturated carbocycles. The van der Waals surface area contributed by atoms with Crippen LogP contribution in [0.1, 0.15) is 29.3 Å². The fraction of sp³-hybridized carbons (Fsp3) is 0.280. The van der Waals surface area contributed by atoms with Gasteiger partial charge in [-0.2, -0.15) is 0 Å². The summed E-state index contributed by atoms with van der Waals surface area (Å²) in [6, 6.07) is 18.2. The molecule has 0 fully saturated rings. The van der Waals surface area contributed by atoms with Gasteiger partial charge in [0.25, 0.3) is 5.56 Å². The van der Waals surface area contributed by atoms with Gasteiger partial charge in [-0.3, -0.25) is 14.3 Å². The Morgan fingerprint density at radius 2 is 1.91 bits per heavy atom. The second kappa shape index (κ2) is 9.51. The first kappa shape index (κ1) is 21.9. The molecule has 1 aliphatic heterocycles. The zero-order valence-corrected chi connectivity index (χ0v) is 21.1. The maximum absolute atomic E-state index is 13.8. The van der Waals surface area contributed by atoms with Crippen molar-refractivity contribution in [3.05, 3.63) is 85.4 Å². The van der Waals surface area contributed by atoms with Crippen molar-refractivity contribution in [3.63, 3.8) is 0 Å². The predicted molar refractivity (Wildman–Crippen MR) is 138 cm³/mol. The molecule has 7 heteroatoms. The van der Waals surface area contributed by atoms with E-state index in [2.05, 4.69) is 39.9 Å². The molecule has 4 nitrogen and oxygen atoms in total. The van der Waals surface area contributed by atoms with Crippen LogP contribution in [0.2, 0.25) is 0 Å². The molecule has 0 radical (unpaired) electrons. The van der Waals surface area contributed by atoms with Crippen molar-refractivity contribution < 1.29 is 0 Å². The van der Waals surface area contributed by atoms with Crippen LogP contribution in [0.25, 0.3) is 15.9 Å². The molecule has 0 amide bonds. The topological polar surface area (TPSA) is 38.1 Å². The minimum Gasteiger partial charge on any atom is -0.298 e. The Hall–Kier alpha value is -1.93. The highest BCUT2D eigenvalue weighted by molar-refractivity contribution is 9.10. The van der Waals surface area contributed by atoms with Gasteiger partial charge in [0.05, 0.1) is 11.1 Å². The fourth-order valence-corrected chi connectivity index (χ4v) is 6.75. The van der Waals surface area contributed by atoms with Gasteiger partial charge in [0, 0.05) is 28.2 Å². The van der Waals surface area contributed by atoms with E-state index in [0.717, 1.165) is 63.8 Å². The minimum atomic E-state index is 0.0564. The number of fused-ring (bicyclic) bond motifs is 3. The fourth-order valence-electron chi connectivity index (χ4n) is 4.21. The highest BCUT2D eigenvalue weighted by Crippen LogP contribution is 2.35. The molecular weight excluding hydrogens is 502 g/mol. The molecule has 2 aromatic heterocycles. The first-order valence-corrected chi connectivity index (χ1v) is 13.5. The molecule has 164 valence electrons. The van der Waals surface area contributed by atoms with Crippen LogP contribution < -0.4 is 5.56 Å². The summed E-state index contributed by atoms with van der Waals surface area (Å²) in [5, 5.41) is 1.57. The monoisotopic (exact) mass is 525 g/mol. The Kier molecular flexibility index (Phi) is 6.51. The zero-order valence-electron chi connectivity index (χ0n) is 17.9. The molecule has 5 rings (SSSR count). The number of halogens is 1. The number of rotatable bonds is 6. The lowest BCUT2D eigenvalue weighted by Crippen LogP contribution is -2.31. The number of aromatic nitrogens is 2. The summed E-state index contributed by atoms with van der Waals surface area (Å²) in [7, 11) is 0. The van der Waals surface area contributed by atoms with Gasteiger partial charge in [0.2, 0.25) is 0 Å². The lowest BCUT2D eigenvalue weighted by Gasteiger charge is -2.26. The van der Waals surface area contributed by atoms with Crippen LogP contribution in [0.5, 0.6) is 0 Å². The Labute approximate surface area is 204 Å². The molecule has 4 aromatic rings. The third kappa shape index (κ3) is 4.31. The van der Waals surface area contributed by atoms with Crippen molar-refractivity contribution in [3.8, 4) is 5.69 Å². The second-order valence-corrected chi connectivity index (χ2v) is 10.9.